The van der Waals surface area contributed by atoms with E-state index in [1.165, 1.54) is 37.3 Å². The number of halogens is 2. The number of ether oxygens (including phenoxy) is 1. The van der Waals surface area contributed by atoms with Crippen LogP contribution in [0.5, 0.6) is 5.75 Å². The van der Waals surface area contributed by atoms with E-state index in [0.717, 1.165) is 12.1 Å². The molecule has 0 saturated carbocycles. The minimum absolute atomic E-state index is 0.0140. The van der Waals surface area contributed by atoms with E-state index in [9.17, 15) is 18.4 Å². The van der Waals surface area contributed by atoms with Gasteiger partial charge in [-0.05, 0) is 49.4 Å². The lowest BCUT2D eigenvalue weighted by Crippen LogP contribution is -2.24. The van der Waals surface area contributed by atoms with Gasteiger partial charge in [0.1, 0.15) is 5.75 Å². The largest absolute Gasteiger partial charge is 0.483 e. The molecule has 0 heterocycles. The van der Waals surface area contributed by atoms with Gasteiger partial charge in [0.2, 0.25) is 11.7 Å². The molecule has 4 nitrogen and oxygen atoms in total. The second-order valence-corrected chi connectivity index (χ2v) is 4.64. The van der Waals surface area contributed by atoms with Crippen molar-refractivity contribution in [2.24, 2.45) is 5.73 Å². The summed E-state index contributed by atoms with van der Waals surface area (Å²) in [4.78, 5) is 23.0. The highest BCUT2D eigenvalue weighted by molar-refractivity contribution is 5.99. The zero-order chi connectivity index (χ0) is 16.3. The van der Waals surface area contributed by atoms with Crippen molar-refractivity contribution in [2.45, 2.75) is 13.0 Å². The lowest BCUT2D eigenvalue weighted by Gasteiger charge is -2.14. The van der Waals surface area contributed by atoms with Gasteiger partial charge in [-0.15, -0.1) is 0 Å². The minimum atomic E-state index is -1.09. The molecule has 0 aliphatic heterocycles. The zero-order valence-electron chi connectivity index (χ0n) is 11.7. The molecule has 0 aliphatic carbocycles. The highest BCUT2D eigenvalue weighted by Gasteiger charge is 2.18. The molecule has 6 heteroatoms. The monoisotopic (exact) mass is 305 g/mol. The average molecular weight is 305 g/mol. The van der Waals surface area contributed by atoms with Crippen LogP contribution in [0, 0.1) is 11.6 Å². The molecular weight excluding hydrogens is 292 g/mol. The molecule has 0 spiro atoms. The van der Waals surface area contributed by atoms with E-state index in [1.54, 1.807) is 0 Å². The maximum Gasteiger partial charge on any atom is 0.248 e. The number of Topliss-reactive ketones (excluding diaryl/α,β-unsaturated/α-hetero) is 1. The highest BCUT2D eigenvalue weighted by atomic mass is 19.2. The Labute approximate surface area is 125 Å². The summed E-state index contributed by atoms with van der Waals surface area (Å²) in [5.41, 5.74) is 5.44. The fourth-order valence-electron chi connectivity index (χ4n) is 1.84. The van der Waals surface area contributed by atoms with E-state index >= 15 is 0 Å². The van der Waals surface area contributed by atoms with Crippen molar-refractivity contribution < 1.29 is 23.1 Å². The van der Waals surface area contributed by atoms with Gasteiger partial charge in [0, 0.05) is 11.1 Å². The summed E-state index contributed by atoms with van der Waals surface area (Å²) in [6.45, 7) is 1.49. The summed E-state index contributed by atoms with van der Waals surface area (Å²) in [5.74, 6) is -2.82. The Bertz CT molecular complexity index is 714. The first-order valence-corrected chi connectivity index (χ1v) is 6.44. The van der Waals surface area contributed by atoms with E-state index < -0.39 is 29.4 Å². The molecule has 1 amide bonds. The molecule has 2 N–H and O–H groups in total. The second-order valence-electron chi connectivity index (χ2n) is 4.64. The van der Waals surface area contributed by atoms with Crippen LogP contribution in [0.2, 0.25) is 0 Å². The predicted octanol–water partition coefficient (Wildman–Crippen LogP) is 2.71. The number of amides is 1. The molecule has 2 rings (SSSR count). The van der Waals surface area contributed by atoms with Crippen molar-refractivity contribution in [1.29, 1.82) is 0 Å². The molecule has 114 valence electrons. The summed E-state index contributed by atoms with van der Waals surface area (Å²) in [5, 5.41) is 0. The first-order valence-electron chi connectivity index (χ1n) is 6.44. The van der Waals surface area contributed by atoms with Crippen LogP contribution in [0.15, 0.2) is 42.5 Å². The van der Waals surface area contributed by atoms with Gasteiger partial charge in [-0.2, -0.15) is 0 Å². The van der Waals surface area contributed by atoms with Crippen molar-refractivity contribution in [1.82, 2.24) is 0 Å². The number of hydrogen-bond acceptors (Lipinski definition) is 3. The van der Waals surface area contributed by atoms with Gasteiger partial charge in [0.05, 0.1) is 0 Å². The van der Waals surface area contributed by atoms with Gasteiger partial charge < -0.3 is 10.5 Å². The molecule has 2 aromatic carbocycles. The molecule has 0 aliphatic rings. The third-order valence-corrected chi connectivity index (χ3v) is 3.03. The summed E-state index contributed by atoms with van der Waals surface area (Å²) in [7, 11) is 0. The normalized spacial score (nSPS) is 11.8. The van der Waals surface area contributed by atoms with Crippen LogP contribution in [0.1, 0.15) is 27.6 Å². The maximum absolute atomic E-state index is 13.1. The molecule has 2 aromatic rings. The summed E-state index contributed by atoms with van der Waals surface area (Å²) >= 11 is 0. The molecule has 0 fully saturated rings. The number of nitrogens with two attached hydrogens (primary N) is 1. The molecule has 0 radical (unpaired) electrons. The van der Waals surface area contributed by atoms with Gasteiger partial charge in [-0.25, -0.2) is 8.78 Å². The Morgan fingerprint density at radius 3 is 2.14 bits per heavy atom. The van der Waals surface area contributed by atoms with Gasteiger partial charge in [-0.1, -0.05) is 0 Å². The van der Waals surface area contributed by atoms with Crippen LogP contribution < -0.4 is 10.5 Å². The van der Waals surface area contributed by atoms with Crippen LogP contribution in [0.25, 0.3) is 0 Å². The Morgan fingerprint density at radius 2 is 1.59 bits per heavy atom. The Morgan fingerprint density at radius 1 is 1.00 bits per heavy atom. The second kappa shape index (κ2) is 6.34. The smallest absolute Gasteiger partial charge is 0.248 e. The van der Waals surface area contributed by atoms with Crippen molar-refractivity contribution in [3.05, 3.63) is 65.2 Å². The fraction of sp³-hybridized carbons (Fsp3) is 0.125. The predicted molar refractivity (Wildman–Crippen MR) is 75.7 cm³/mol. The van der Waals surface area contributed by atoms with Crippen LogP contribution in [0.3, 0.4) is 0 Å². The lowest BCUT2D eigenvalue weighted by molar-refractivity contribution is 0.0817. The topological polar surface area (TPSA) is 69.4 Å². The van der Waals surface area contributed by atoms with Gasteiger partial charge in [-0.3, -0.25) is 9.59 Å². The lowest BCUT2D eigenvalue weighted by atomic mass is 10.1. The van der Waals surface area contributed by atoms with Crippen LogP contribution in [-0.4, -0.2) is 17.8 Å². The SMILES string of the molecule is C[C@@H](Oc1ccc(C(N)=O)cc1)C(=O)c1ccc(F)c(F)c1. The number of benzene rings is 2. The average Bonchev–Trinajstić information content (AvgIpc) is 2.49. The fourth-order valence-corrected chi connectivity index (χ4v) is 1.84. The van der Waals surface area contributed by atoms with E-state index in [0.29, 0.717) is 11.3 Å². The third-order valence-electron chi connectivity index (χ3n) is 3.03. The maximum atomic E-state index is 13.1. The van der Waals surface area contributed by atoms with E-state index in [-0.39, 0.29) is 5.56 Å². The Hall–Kier alpha value is -2.76. The summed E-state index contributed by atoms with van der Waals surface area (Å²) < 4.78 is 31.4. The van der Waals surface area contributed by atoms with Crippen LogP contribution in [0.4, 0.5) is 8.78 Å². The molecule has 1 atom stereocenters. The van der Waals surface area contributed by atoms with Crippen molar-refractivity contribution in [2.75, 3.05) is 0 Å². The molecular formula is C16H13F2NO3. The summed E-state index contributed by atoms with van der Waals surface area (Å²) in [6, 6.07) is 8.82. The van der Waals surface area contributed by atoms with E-state index in [1.807, 2.05) is 0 Å². The van der Waals surface area contributed by atoms with Gasteiger partial charge >= 0.3 is 0 Å². The highest BCUT2D eigenvalue weighted by Crippen LogP contribution is 2.17. The number of carbonyl (C=O) groups is 2. The quantitative estimate of drug-likeness (QED) is 0.863. The first-order chi connectivity index (χ1) is 10.4. The number of ketones is 1. The number of hydrogen-bond donors (Lipinski definition) is 1. The standard InChI is InChI=1S/C16H13F2NO3/c1-9(15(20)11-4-7-13(17)14(18)8-11)22-12-5-2-10(3-6-12)16(19)21/h2-9H,1H3,(H2,19,21)/t9-/m1/s1. The van der Waals surface area contributed by atoms with E-state index in [4.69, 9.17) is 10.5 Å². The van der Waals surface area contributed by atoms with Crippen LogP contribution >= 0.6 is 0 Å². The molecule has 22 heavy (non-hydrogen) atoms. The van der Waals surface area contributed by atoms with Crippen molar-refractivity contribution >= 4 is 11.7 Å². The van der Waals surface area contributed by atoms with Crippen molar-refractivity contribution in [3.63, 3.8) is 0 Å². The first kappa shape index (κ1) is 15.6. The zero-order valence-corrected chi connectivity index (χ0v) is 11.7. The van der Waals surface area contributed by atoms with Gasteiger partial charge in [0.25, 0.3) is 0 Å². The summed E-state index contributed by atoms with van der Waals surface area (Å²) in [6.07, 6.45) is -0.899. The molecule has 0 bridgehead atoms. The Kier molecular flexibility index (Phi) is 4.50. The minimum Gasteiger partial charge on any atom is -0.483 e. The number of rotatable bonds is 5. The Balaban J connectivity index is 2.10. The van der Waals surface area contributed by atoms with Crippen molar-refractivity contribution in [3.8, 4) is 5.75 Å². The number of carbonyl (C=O) groups excluding carboxylic acids is 2. The molecule has 0 saturated heterocycles. The third kappa shape index (κ3) is 3.46. The van der Waals surface area contributed by atoms with E-state index in [2.05, 4.69) is 0 Å². The molecule has 0 unspecified atom stereocenters. The number of primary amides is 1. The van der Waals surface area contributed by atoms with Crippen LogP contribution in [-0.2, 0) is 0 Å². The van der Waals surface area contributed by atoms with Gasteiger partial charge in [0.15, 0.2) is 17.7 Å². The molecule has 0 aromatic heterocycles.